The van der Waals surface area contributed by atoms with Crippen molar-refractivity contribution in [3.05, 3.63) is 139 Å². The van der Waals surface area contributed by atoms with E-state index in [0.29, 0.717) is 12.2 Å². The van der Waals surface area contributed by atoms with Crippen LogP contribution in [-0.4, -0.2) is 41.7 Å². The molecule has 42 heavy (non-hydrogen) atoms. The topological polar surface area (TPSA) is 54.1 Å². The second kappa shape index (κ2) is 12.0. The summed E-state index contributed by atoms with van der Waals surface area (Å²) in [5.41, 5.74) is 3.43. The summed E-state index contributed by atoms with van der Waals surface area (Å²) in [6, 6.07) is 48.6. The summed E-state index contributed by atoms with van der Waals surface area (Å²) >= 11 is 0. The van der Waals surface area contributed by atoms with Crippen molar-refractivity contribution in [2.45, 2.75) is 0 Å². The molecule has 0 N–H and O–H groups in total. The third kappa shape index (κ3) is 5.08. The number of rotatable bonds is 9. The number of hydrogen-bond donors (Lipinski definition) is 0. The molecule has 6 heteroatoms. The first-order valence-corrected chi connectivity index (χ1v) is 16.0. The molecule has 1 heterocycles. The molecule has 0 spiro atoms. The van der Waals surface area contributed by atoms with Crippen molar-refractivity contribution in [1.82, 2.24) is 14.5 Å². The second-order valence-electron chi connectivity index (χ2n) is 10.6. The van der Waals surface area contributed by atoms with Crippen molar-refractivity contribution >= 4 is 34.2 Å². The zero-order chi connectivity index (χ0) is 28.9. The molecule has 0 radical (unpaired) electrons. The third-order valence-corrected chi connectivity index (χ3v) is 12.1. The summed E-state index contributed by atoms with van der Waals surface area (Å²) in [5, 5.41) is 19.9. The Morgan fingerprint density at radius 2 is 1.29 bits per heavy atom. The third-order valence-electron chi connectivity index (χ3n) is 7.64. The molecule has 0 saturated carbocycles. The van der Waals surface area contributed by atoms with Gasteiger partial charge in [0.15, 0.2) is 0 Å². The van der Waals surface area contributed by atoms with Gasteiger partial charge in [-0.05, 0) is 0 Å². The molecule has 0 bridgehead atoms. The number of aromatic nitrogens is 2. The Balaban J connectivity index is 1.62. The van der Waals surface area contributed by atoms with E-state index in [1.165, 1.54) is 15.9 Å². The average molecular weight is 569 g/mol. The van der Waals surface area contributed by atoms with Crippen LogP contribution in [0.4, 0.5) is 0 Å². The van der Waals surface area contributed by atoms with E-state index in [1.54, 1.807) is 0 Å². The number of likely N-dealkylation sites (N-methyl/N-ethyl adjacent to an activating group) is 1. The van der Waals surface area contributed by atoms with Gasteiger partial charge >= 0.3 is 248 Å². The molecule has 0 aliphatic heterocycles. The Morgan fingerprint density at radius 1 is 0.738 bits per heavy atom. The zero-order valence-electron chi connectivity index (χ0n) is 23.8. The van der Waals surface area contributed by atoms with Crippen LogP contribution in [0, 0.1) is 11.3 Å². The van der Waals surface area contributed by atoms with Crippen molar-refractivity contribution in [2.24, 2.45) is 0 Å². The zero-order valence-corrected chi connectivity index (χ0v) is 24.8. The Kier molecular flexibility index (Phi) is 7.84. The SMILES string of the molecule is CN(C)CCOc1ccc(-c2nn([PH](c3ccccc3)(c3ccccc3)c3ccccc3)c3ccc(C#N)cc23)cc1. The van der Waals surface area contributed by atoms with Crippen LogP contribution in [0.2, 0.25) is 0 Å². The van der Waals surface area contributed by atoms with Gasteiger partial charge in [-0.15, -0.1) is 0 Å². The van der Waals surface area contributed by atoms with Gasteiger partial charge in [0.1, 0.15) is 0 Å². The fourth-order valence-electron chi connectivity index (χ4n) is 5.62. The Hall–Kier alpha value is -4.75. The van der Waals surface area contributed by atoms with Crippen LogP contribution in [0.3, 0.4) is 0 Å². The maximum absolute atomic E-state index is 9.83. The molecule has 0 atom stereocenters. The molecule has 0 amide bonds. The number of nitrogens with zero attached hydrogens (tertiary/aromatic N) is 4. The molecule has 0 aliphatic carbocycles. The normalized spacial score (nSPS) is 11.9. The molecule has 208 valence electrons. The van der Waals surface area contributed by atoms with Crippen molar-refractivity contribution in [2.75, 3.05) is 27.2 Å². The van der Waals surface area contributed by atoms with Crippen molar-refractivity contribution in [3.8, 4) is 23.1 Å². The Labute approximate surface area is 247 Å². The molecule has 0 aliphatic rings. The van der Waals surface area contributed by atoms with Gasteiger partial charge in [-0.3, -0.25) is 0 Å². The predicted octanol–water partition coefficient (Wildman–Crippen LogP) is 6.00. The Morgan fingerprint density at radius 3 is 1.79 bits per heavy atom. The Bertz CT molecular complexity index is 1730. The summed E-state index contributed by atoms with van der Waals surface area (Å²) in [6.45, 7) is 1.47. The van der Waals surface area contributed by atoms with Gasteiger partial charge in [0.05, 0.1) is 0 Å². The minimum absolute atomic E-state index is 0.610. The van der Waals surface area contributed by atoms with E-state index in [9.17, 15) is 5.26 Å². The molecule has 0 saturated heterocycles. The fraction of sp³-hybridized carbons (Fsp3) is 0.111. The minimum atomic E-state index is -2.95. The van der Waals surface area contributed by atoms with Gasteiger partial charge in [0.25, 0.3) is 0 Å². The van der Waals surface area contributed by atoms with E-state index in [1.807, 2.05) is 38.4 Å². The maximum atomic E-state index is 9.83. The molecular weight excluding hydrogens is 535 g/mol. The summed E-state index contributed by atoms with van der Waals surface area (Å²) in [4.78, 5) is 2.10. The standard InChI is InChI=1S/C36H33N4OP/c1-39(2)24-25-41-30-21-19-29(20-22-30)36-34-26-28(27-37)18-23-35(34)40(38-36)42(31-12-6-3-7-13-31,32-14-8-4-9-15-32)33-16-10-5-11-17-33/h3-23,26,42H,24-25H2,1-2H3. The van der Waals surface area contributed by atoms with Crippen molar-refractivity contribution in [1.29, 1.82) is 5.26 Å². The van der Waals surface area contributed by atoms with E-state index in [2.05, 4.69) is 125 Å². The van der Waals surface area contributed by atoms with E-state index in [4.69, 9.17) is 9.84 Å². The fourth-order valence-corrected chi connectivity index (χ4v) is 10.2. The summed E-state index contributed by atoms with van der Waals surface area (Å²) in [6.07, 6.45) is 0. The van der Waals surface area contributed by atoms with Crippen LogP contribution in [-0.2, 0) is 0 Å². The van der Waals surface area contributed by atoms with Crippen LogP contribution in [0.25, 0.3) is 22.2 Å². The number of hydrogen-bond acceptors (Lipinski definition) is 4. The first-order valence-electron chi connectivity index (χ1n) is 14.1. The summed E-state index contributed by atoms with van der Waals surface area (Å²) < 4.78 is 8.24. The van der Waals surface area contributed by atoms with Gasteiger partial charge in [-0.2, -0.15) is 0 Å². The molecule has 5 nitrogen and oxygen atoms in total. The van der Waals surface area contributed by atoms with Gasteiger partial charge in [0.2, 0.25) is 0 Å². The molecule has 6 rings (SSSR count). The van der Waals surface area contributed by atoms with Gasteiger partial charge in [-0.25, -0.2) is 0 Å². The van der Waals surface area contributed by atoms with Gasteiger partial charge in [0, 0.05) is 0 Å². The number of ether oxygens (including phenoxy) is 1. The van der Waals surface area contributed by atoms with Crippen LogP contribution in [0.1, 0.15) is 5.56 Å². The van der Waals surface area contributed by atoms with Gasteiger partial charge in [-0.1, -0.05) is 0 Å². The monoisotopic (exact) mass is 568 g/mol. The second-order valence-corrected chi connectivity index (χ2v) is 14.2. The van der Waals surface area contributed by atoms with E-state index < -0.39 is 7.41 Å². The predicted molar refractivity (Wildman–Crippen MR) is 176 cm³/mol. The molecule has 0 fully saturated rings. The van der Waals surface area contributed by atoms with E-state index in [-0.39, 0.29) is 0 Å². The van der Waals surface area contributed by atoms with E-state index >= 15 is 0 Å². The molecule has 6 aromatic rings. The molecular formula is C36H33N4OP. The number of fused-ring (bicyclic) bond motifs is 1. The quantitative estimate of drug-likeness (QED) is 0.201. The first-order chi connectivity index (χ1) is 20.6. The van der Waals surface area contributed by atoms with E-state index in [0.717, 1.165) is 34.5 Å². The number of benzene rings is 5. The van der Waals surface area contributed by atoms with Crippen molar-refractivity contribution < 1.29 is 4.74 Å². The average Bonchev–Trinajstić information content (AvgIpc) is 3.42. The van der Waals surface area contributed by atoms with Crippen LogP contribution in [0.15, 0.2) is 133 Å². The first kappa shape index (κ1) is 27.4. The molecule has 1 aromatic heterocycles. The van der Waals surface area contributed by atoms with Crippen LogP contribution in [0.5, 0.6) is 5.75 Å². The van der Waals surface area contributed by atoms with Crippen LogP contribution < -0.4 is 20.7 Å². The summed E-state index contributed by atoms with van der Waals surface area (Å²) in [5.74, 6) is 0.823. The molecule has 0 unspecified atom stereocenters. The number of nitriles is 1. The van der Waals surface area contributed by atoms with Crippen LogP contribution >= 0.6 is 7.41 Å². The summed E-state index contributed by atoms with van der Waals surface area (Å²) in [7, 11) is 1.12. The van der Waals surface area contributed by atoms with Gasteiger partial charge < -0.3 is 0 Å². The molecule has 5 aromatic carbocycles. The van der Waals surface area contributed by atoms with Crippen molar-refractivity contribution in [3.63, 3.8) is 0 Å².